The molecular formula is C29H34ClN3O4S. The van der Waals surface area contributed by atoms with Gasteiger partial charge in [-0.25, -0.2) is 8.42 Å². The Balaban J connectivity index is 2.03. The average molecular weight is 556 g/mol. The number of hydrogen-bond acceptors (Lipinski definition) is 4. The summed E-state index contributed by atoms with van der Waals surface area (Å²) < 4.78 is 28.7. The van der Waals surface area contributed by atoms with Crippen molar-refractivity contribution in [2.24, 2.45) is 0 Å². The van der Waals surface area contributed by atoms with E-state index in [1.807, 2.05) is 51.1 Å². The van der Waals surface area contributed by atoms with Crippen molar-refractivity contribution in [2.75, 3.05) is 17.4 Å². The van der Waals surface area contributed by atoms with E-state index in [-0.39, 0.29) is 17.3 Å². The highest BCUT2D eigenvalue weighted by Crippen LogP contribution is 2.26. The molecule has 7 nitrogen and oxygen atoms in total. The monoisotopic (exact) mass is 555 g/mol. The molecule has 1 N–H and O–H groups in total. The van der Waals surface area contributed by atoms with Crippen LogP contribution in [0.25, 0.3) is 0 Å². The summed E-state index contributed by atoms with van der Waals surface area (Å²) in [6.07, 6.45) is 0.755. The zero-order valence-corrected chi connectivity index (χ0v) is 23.7. The average Bonchev–Trinajstić information content (AvgIpc) is 2.89. The highest BCUT2D eigenvalue weighted by Gasteiger charge is 2.32. The number of nitrogens with one attached hydrogen (secondary N) is 1. The molecule has 9 heteroatoms. The SMILES string of the molecule is CCCNC(=O)C(C)N(Cc1ccccc1C)C(=O)CN(c1cccc(C)c1)S(=O)(=O)c1ccc(Cl)cc1. The number of carbonyl (C=O) groups is 2. The molecule has 1 unspecified atom stereocenters. The van der Waals surface area contributed by atoms with Gasteiger partial charge in [-0.3, -0.25) is 13.9 Å². The van der Waals surface area contributed by atoms with Gasteiger partial charge in [-0.1, -0.05) is 54.9 Å². The summed E-state index contributed by atoms with van der Waals surface area (Å²) >= 11 is 5.99. The lowest BCUT2D eigenvalue weighted by atomic mass is 10.1. The molecule has 0 aliphatic heterocycles. The molecule has 1 atom stereocenters. The summed E-state index contributed by atoms with van der Waals surface area (Å²) in [6, 6.07) is 19.6. The molecule has 0 saturated heterocycles. The zero-order chi connectivity index (χ0) is 27.9. The van der Waals surface area contributed by atoms with Crippen molar-refractivity contribution >= 4 is 39.1 Å². The van der Waals surface area contributed by atoms with Crippen molar-refractivity contribution in [2.45, 2.75) is 51.6 Å². The van der Waals surface area contributed by atoms with Crippen LogP contribution in [-0.4, -0.2) is 44.3 Å². The standard InChI is InChI=1S/C29H34ClN3O4S/c1-5-17-31-29(35)23(4)32(19-24-11-7-6-10-22(24)3)28(34)20-33(26-12-8-9-21(2)18-26)38(36,37)27-15-13-25(30)14-16-27/h6-16,18,23H,5,17,19-20H2,1-4H3,(H,31,35). The third-order valence-electron chi connectivity index (χ3n) is 6.29. The van der Waals surface area contributed by atoms with Crippen LogP contribution in [-0.2, 0) is 26.2 Å². The minimum absolute atomic E-state index is 0.00963. The van der Waals surface area contributed by atoms with Crippen LogP contribution in [0.5, 0.6) is 0 Å². The summed E-state index contributed by atoms with van der Waals surface area (Å²) in [5.41, 5.74) is 3.04. The van der Waals surface area contributed by atoms with Crippen molar-refractivity contribution in [3.63, 3.8) is 0 Å². The van der Waals surface area contributed by atoms with Gasteiger partial charge in [-0.15, -0.1) is 0 Å². The predicted molar refractivity (Wildman–Crippen MR) is 152 cm³/mol. The van der Waals surface area contributed by atoms with Crippen molar-refractivity contribution in [1.29, 1.82) is 0 Å². The molecule has 0 aliphatic rings. The van der Waals surface area contributed by atoms with Crippen molar-refractivity contribution in [1.82, 2.24) is 10.2 Å². The van der Waals surface area contributed by atoms with Crippen LogP contribution < -0.4 is 9.62 Å². The smallest absolute Gasteiger partial charge is 0.264 e. The molecule has 0 aromatic heterocycles. The largest absolute Gasteiger partial charge is 0.354 e. The first-order chi connectivity index (χ1) is 18.0. The molecule has 0 bridgehead atoms. The molecule has 3 aromatic carbocycles. The maximum absolute atomic E-state index is 13.9. The Morgan fingerprint density at radius 2 is 1.66 bits per heavy atom. The number of aryl methyl sites for hydroxylation is 2. The van der Waals surface area contributed by atoms with Gasteiger partial charge >= 0.3 is 0 Å². The van der Waals surface area contributed by atoms with Crippen molar-refractivity contribution in [3.8, 4) is 0 Å². The van der Waals surface area contributed by atoms with Crippen LogP contribution in [0.2, 0.25) is 5.02 Å². The van der Waals surface area contributed by atoms with Gasteiger partial charge in [0.05, 0.1) is 10.6 Å². The minimum Gasteiger partial charge on any atom is -0.354 e. The normalized spacial score (nSPS) is 12.0. The number of anilines is 1. The number of hydrogen-bond donors (Lipinski definition) is 1. The highest BCUT2D eigenvalue weighted by molar-refractivity contribution is 7.92. The second-order valence-corrected chi connectivity index (χ2v) is 11.5. The number of benzene rings is 3. The number of carbonyl (C=O) groups excluding carboxylic acids is 2. The fraction of sp³-hybridized carbons (Fsp3) is 0.310. The van der Waals surface area contributed by atoms with E-state index < -0.39 is 28.5 Å². The number of sulfonamides is 1. The van der Waals surface area contributed by atoms with Crippen LogP contribution in [0.1, 0.15) is 37.0 Å². The van der Waals surface area contributed by atoms with E-state index in [9.17, 15) is 18.0 Å². The Labute approximate surface area is 230 Å². The van der Waals surface area contributed by atoms with Gasteiger partial charge in [0, 0.05) is 18.1 Å². The van der Waals surface area contributed by atoms with Gasteiger partial charge in [0.2, 0.25) is 11.8 Å². The van der Waals surface area contributed by atoms with Gasteiger partial charge in [0.1, 0.15) is 12.6 Å². The van der Waals surface area contributed by atoms with E-state index in [0.29, 0.717) is 17.3 Å². The van der Waals surface area contributed by atoms with Gasteiger partial charge in [-0.05, 0) is 80.3 Å². The molecular weight excluding hydrogens is 522 g/mol. The predicted octanol–water partition coefficient (Wildman–Crippen LogP) is 5.10. The topological polar surface area (TPSA) is 86.8 Å². The quantitative estimate of drug-likeness (QED) is 0.357. The van der Waals surface area contributed by atoms with Gasteiger partial charge in [0.15, 0.2) is 0 Å². The molecule has 0 spiro atoms. The van der Waals surface area contributed by atoms with E-state index in [1.165, 1.54) is 29.2 Å². The van der Waals surface area contributed by atoms with Gasteiger partial charge in [0.25, 0.3) is 10.0 Å². The lowest BCUT2D eigenvalue weighted by Gasteiger charge is -2.32. The van der Waals surface area contributed by atoms with Gasteiger partial charge in [-0.2, -0.15) is 0 Å². The lowest BCUT2D eigenvalue weighted by molar-refractivity contribution is -0.139. The van der Waals surface area contributed by atoms with Crippen molar-refractivity contribution in [3.05, 3.63) is 94.5 Å². The molecule has 3 rings (SSSR count). The molecule has 202 valence electrons. The Kier molecular flexibility index (Phi) is 9.94. The van der Waals surface area contributed by atoms with Crippen LogP contribution in [0, 0.1) is 13.8 Å². The minimum atomic E-state index is -4.13. The maximum Gasteiger partial charge on any atom is 0.264 e. The molecule has 3 aromatic rings. The Morgan fingerprint density at radius 3 is 2.29 bits per heavy atom. The van der Waals surface area contributed by atoms with Crippen LogP contribution in [0.3, 0.4) is 0 Å². The molecule has 0 saturated carbocycles. The van der Waals surface area contributed by atoms with E-state index in [4.69, 9.17) is 11.6 Å². The first kappa shape index (κ1) is 29.2. The van der Waals surface area contributed by atoms with E-state index in [1.54, 1.807) is 25.1 Å². The highest BCUT2D eigenvalue weighted by atomic mass is 35.5. The number of amides is 2. The molecule has 0 aliphatic carbocycles. The second kappa shape index (κ2) is 12.9. The second-order valence-electron chi connectivity index (χ2n) is 9.22. The zero-order valence-electron chi connectivity index (χ0n) is 22.1. The summed E-state index contributed by atoms with van der Waals surface area (Å²) in [4.78, 5) is 28.3. The number of halogens is 1. The summed E-state index contributed by atoms with van der Waals surface area (Å²) in [5.74, 6) is -0.789. The summed E-state index contributed by atoms with van der Waals surface area (Å²) in [7, 11) is -4.13. The van der Waals surface area contributed by atoms with Gasteiger partial charge < -0.3 is 10.2 Å². The van der Waals surface area contributed by atoms with Crippen molar-refractivity contribution < 1.29 is 18.0 Å². The lowest BCUT2D eigenvalue weighted by Crippen LogP contribution is -2.51. The Bertz CT molecular complexity index is 1380. The fourth-order valence-electron chi connectivity index (χ4n) is 4.00. The number of rotatable bonds is 11. The fourth-order valence-corrected chi connectivity index (χ4v) is 5.53. The maximum atomic E-state index is 13.9. The third-order valence-corrected chi connectivity index (χ3v) is 8.33. The molecule has 0 heterocycles. The van der Waals surface area contributed by atoms with E-state index >= 15 is 0 Å². The van der Waals surface area contributed by atoms with Crippen LogP contribution in [0.15, 0.2) is 77.7 Å². The molecule has 38 heavy (non-hydrogen) atoms. The molecule has 0 radical (unpaired) electrons. The third kappa shape index (κ3) is 7.14. The van der Waals surface area contributed by atoms with E-state index in [2.05, 4.69) is 5.32 Å². The summed E-state index contributed by atoms with van der Waals surface area (Å²) in [5, 5.41) is 3.25. The first-order valence-electron chi connectivity index (χ1n) is 12.5. The molecule has 2 amide bonds. The molecule has 0 fully saturated rings. The first-order valence-corrected chi connectivity index (χ1v) is 14.3. The Hall–Kier alpha value is -3.36. The number of nitrogens with zero attached hydrogens (tertiary/aromatic N) is 2. The Morgan fingerprint density at radius 1 is 0.974 bits per heavy atom. The van der Waals surface area contributed by atoms with Crippen LogP contribution in [0.4, 0.5) is 5.69 Å². The summed E-state index contributed by atoms with van der Waals surface area (Å²) in [6.45, 7) is 7.55. The van der Waals surface area contributed by atoms with E-state index in [0.717, 1.165) is 27.4 Å². The van der Waals surface area contributed by atoms with Crippen LogP contribution >= 0.6 is 11.6 Å².